The molecule has 76 valence electrons. The summed E-state index contributed by atoms with van der Waals surface area (Å²) in [5, 5.41) is 0. The smallest absolute Gasteiger partial charge is 0.102 e. The maximum Gasteiger partial charge on any atom is 0.102 e. The molecule has 1 atom stereocenters. The van der Waals surface area contributed by atoms with Crippen LogP contribution >= 0.6 is 0 Å². The summed E-state index contributed by atoms with van der Waals surface area (Å²) < 4.78 is 0. The summed E-state index contributed by atoms with van der Waals surface area (Å²) in [5.41, 5.74) is 1.49. The fraction of sp³-hybridized carbons (Fsp3) is 0.636. The highest BCUT2D eigenvalue weighted by Crippen LogP contribution is 2.01. The Kier molecular flexibility index (Phi) is 6.51. The van der Waals surface area contributed by atoms with E-state index in [-0.39, 0.29) is 4.70 Å². The van der Waals surface area contributed by atoms with Crippen LogP contribution in [0.1, 0.15) is 39.5 Å². The topological polar surface area (TPSA) is 4.44 Å². The molecule has 0 aromatic rings. The van der Waals surface area contributed by atoms with Crippen molar-refractivity contribution in [3.8, 4) is 0 Å². The Labute approximate surface area is 80.5 Å². The summed E-state index contributed by atoms with van der Waals surface area (Å²) in [6, 6.07) is 0. The van der Waals surface area contributed by atoms with Gasteiger partial charge in [0.1, 0.15) is 6.20 Å². The van der Waals surface area contributed by atoms with E-state index in [4.69, 9.17) is 0 Å². The molecule has 1 rings (SSSR count). The van der Waals surface area contributed by atoms with Crippen LogP contribution in [-0.2, 0) is 0 Å². The standard InChI is InChI=1S/C11H19N.FH/c1-3-5-6-8-12-9-7-11(4-2)10-12;/h7,9-10H,3-6,8H2,1-2H3;1H. The predicted molar refractivity (Wildman–Crippen MR) is 52.9 cm³/mol. The van der Waals surface area contributed by atoms with Gasteiger partial charge in [0, 0.05) is 11.6 Å². The van der Waals surface area contributed by atoms with E-state index >= 15 is 0 Å². The number of hydrogen-bond acceptors (Lipinski definition) is 0. The van der Waals surface area contributed by atoms with Gasteiger partial charge in [-0.15, -0.1) is 0 Å². The van der Waals surface area contributed by atoms with Crippen molar-refractivity contribution in [1.82, 2.24) is 0 Å². The molecule has 0 radical (unpaired) electrons. The molecule has 1 nitrogen and oxygen atoms in total. The van der Waals surface area contributed by atoms with Crippen LogP contribution in [0.25, 0.3) is 0 Å². The summed E-state index contributed by atoms with van der Waals surface area (Å²) in [6.45, 7) is 5.74. The number of hydrogen-bond donors (Lipinski definition) is 1. The van der Waals surface area contributed by atoms with Crippen molar-refractivity contribution in [3.63, 3.8) is 0 Å². The molecule has 1 heterocycles. The molecule has 0 bridgehead atoms. The molecule has 1 aliphatic heterocycles. The lowest BCUT2D eigenvalue weighted by Crippen LogP contribution is -3.01. The van der Waals surface area contributed by atoms with Crippen LogP contribution < -0.4 is 9.60 Å². The maximum atomic E-state index is 2.34. The molecule has 13 heavy (non-hydrogen) atoms. The monoisotopic (exact) mass is 185 g/mol. The normalized spacial score (nSPS) is 19.8. The first-order chi connectivity index (χ1) is 5.86. The van der Waals surface area contributed by atoms with Gasteiger partial charge in [0.15, 0.2) is 0 Å². The van der Waals surface area contributed by atoms with Crippen molar-refractivity contribution in [2.45, 2.75) is 39.5 Å². The van der Waals surface area contributed by atoms with E-state index in [0.717, 1.165) is 0 Å². The van der Waals surface area contributed by atoms with Gasteiger partial charge in [0.05, 0.1) is 12.7 Å². The lowest BCUT2D eigenvalue weighted by atomic mass is 10.2. The molecule has 0 saturated carbocycles. The lowest BCUT2D eigenvalue weighted by Gasteiger charge is -2.05. The molecule has 0 fully saturated rings. The zero-order valence-electron chi connectivity index (χ0n) is 8.65. The third-order valence-corrected chi connectivity index (χ3v) is 2.36. The van der Waals surface area contributed by atoms with Gasteiger partial charge in [-0.05, 0) is 19.3 Å². The molecule has 0 spiro atoms. The molecule has 0 aliphatic carbocycles. The first-order valence-electron chi connectivity index (χ1n) is 5.11. The fourth-order valence-electron chi connectivity index (χ4n) is 1.50. The Bertz CT molecular complexity index is 185. The van der Waals surface area contributed by atoms with Crippen LogP contribution in [0.5, 0.6) is 0 Å². The third kappa shape index (κ3) is 4.23. The van der Waals surface area contributed by atoms with Gasteiger partial charge in [-0.3, -0.25) is 4.90 Å². The van der Waals surface area contributed by atoms with Crippen LogP contribution in [0.4, 0.5) is 0 Å². The van der Waals surface area contributed by atoms with Crippen LogP contribution in [0.2, 0.25) is 0 Å². The minimum Gasteiger partial charge on any atom is -1.00 e. The quantitative estimate of drug-likeness (QED) is 0.518. The SMILES string of the molecule is CCCCC[NH+]1C=CC(CC)=C1.[F-]. The molecule has 0 amide bonds. The number of allylic oxidation sites excluding steroid dienone is 2. The van der Waals surface area contributed by atoms with E-state index in [1.54, 1.807) is 0 Å². The van der Waals surface area contributed by atoms with Crippen LogP contribution in [0.15, 0.2) is 24.0 Å². The van der Waals surface area contributed by atoms with E-state index in [9.17, 15) is 0 Å². The van der Waals surface area contributed by atoms with Gasteiger partial charge in [0.2, 0.25) is 0 Å². The second-order valence-corrected chi connectivity index (χ2v) is 3.44. The van der Waals surface area contributed by atoms with Gasteiger partial charge in [0.25, 0.3) is 0 Å². The Morgan fingerprint density at radius 1 is 1.23 bits per heavy atom. The second kappa shape index (κ2) is 6.84. The van der Waals surface area contributed by atoms with Crippen LogP contribution in [-0.4, -0.2) is 6.54 Å². The highest BCUT2D eigenvalue weighted by molar-refractivity contribution is 5.17. The number of halogens is 1. The van der Waals surface area contributed by atoms with Gasteiger partial charge in [-0.25, -0.2) is 0 Å². The first-order valence-corrected chi connectivity index (χ1v) is 5.11. The van der Waals surface area contributed by atoms with E-state index in [0.29, 0.717) is 0 Å². The average molecular weight is 185 g/mol. The number of unbranched alkanes of at least 4 members (excludes halogenated alkanes) is 2. The average Bonchev–Trinajstić information content (AvgIpc) is 2.53. The summed E-state index contributed by atoms with van der Waals surface area (Å²) in [4.78, 5) is 1.53. The highest BCUT2D eigenvalue weighted by atomic mass is 19.0. The van der Waals surface area contributed by atoms with E-state index in [1.165, 1.54) is 42.7 Å². The van der Waals surface area contributed by atoms with Crippen molar-refractivity contribution in [3.05, 3.63) is 24.0 Å². The number of rotatable bonds is 5. The largest absolute Gasteiger partial charge is 1.00 e. The molecule has 0 aromatic carbocycles. The van der Waals surface area contributed by atoms with E-state index in [1.807, 2.05) is 0 Å². The molecule has 0 aromatic heterocycles. The fourth-order valence-corrected chi connectivity index (χ4v) is 1.50. The Balaban J connectivity index is 0.00000144. The maximum absolute atomic E-state index is 2.34. The van der Waals surface area contributed by atoms with Gasteiger partial charge in [-0.2, -0.15) is 0 Å². The molecular formula is C11H20FN. The summed E-state index contributed by atoms with van der Waals surface area (Å²) in [6.07, 6.45) is 12.1. The van der Waals surface area contributed by atoms with Gasteiger partial charge in [-0.1, -0.05) is 20.3 Å². The molecular weight excluding hydrogens is 165 g/mol. The Hall–Kier alpha value is -0.630. The third-order valence-electron chi connectivity index (χ3n) is 2.36. The molecule has 1 aliphatic rings. The first kappa shape index (κ1) is 12.4. The Morgan fingerprint density at radius 2 is 2.00 bits per heavy atom. The minimum absolute atomic E-state index is 0. The van der Waals surface area contributed by atoms with E-state index < -0.39 is 0 Å². The van der Waals surface area contributed by atoms with Crippen molar-refractivity contribution < 1.29 is 9.60 Å². The van der Waals surface area contributed by atoms with Crippen LogP contribution in [0.3, 0.4) is 0 Å². The lowest BCUT2D eigenvalue weighted by molar-refractivity contribution is -0.788. The van der Waals surface area contributed by atoms with Gasteiger partial charge >= 0.3 is 0 Å². The predicted octanol–water partition coefficient (Wildman–Crippen LogP) is -1.11. The van der Waals surface area contributed by atoms with Crippen LogP contribution in [0, 0.1) is 0 Å². The number of quaternary nitrogens is 1. The second-order valence-electron chi connectivity index (χ2n) is 3.44. The highest BCUT2D eigenvalue weighted by Gasteiger charge is 2.08. The minimum atomic E-state index is 0. The molecule has 0 saturated heterocycles. The molecule has 1 N–H and O–H groups in total. The van der Waals surface area contributed by atoms with Crippen molar-refractivity contribution in [1.29, 1.82) is 0 Å². The zero-order valence-corrected chi connectivity index (χ0v) is 8.65. The van der Waals surface area contributed by atoms with Crippen molar-refractivity contribution in [2.75, 3.05) is 6.54 Å². The Morgan fingerprint density at radius 3 is 2.54 bits per heavy atom. The zero-order chi connectivity index (χ0) is 8.81. The summed E-state index contributed by atoms with van der Waals surface area (Å²) in [7, 11) is 0. The van der Waals surface area contributed by atoms with E-state index in [2.05, 4.69) is 32.3 Å². The molecule has 1 unspecified atom stereocenters. The summed E-state index contributed by atoms with van der Waals surface area (Å²) >= 11 is 0. The van der Waals surface area contributed by atoms with Crippen molar-refractivity contribution in [2.24, 2.45) is 0 Å². The molecule has 2 heteroatoms. The van der Waals surface area contributed by atoms with Crippen molar-refractivity contribution >= 4 is 0 Å². The van der Waals surface area contributed by atoms with Gasteiger partial charge < -0.3 is 4.70 Å². The summed E-state index contributed by atoms with van der Waals surface area (Å²) in [5.74, 6) is 0. The number of nitrogens with one attached hydrogen (secondary N) is 1.